The summed E-state index contributed by atoms with van der Waals surface area (Å²) in [6, 6.07) is -1.00. The largest absolute Gasteiger partial charge is 0.479 e. The number of carboxylic acids is 1. The van der Waals surface area contributed by atoms with Gasteiger partial charge in [0.1, 0.15) is 17.2 Å². The molecule has 1 fully saturated rings. The zero-order valence-electron chi connectivity index (χ0n) is 23.3. The number of aliphatic carboxylic acids is 1. The summed E-state index contributed by atoms with van der Waals surface area (Å²) in [4.78, 5) is 52.7. The maximum atomic E-state index is 13.7. The van der Waals surface area contributed by atoms with E-state index in [1.807, 2.05) is 6.92 Å². The fourth-order valence-corrected chi connectivity index (χ4v) is 4.18. The zero-order chi connectivity index (χ0) is 28.8. The number of carboxylic acid groups (broad SMARTS) is 1. The number of carbonyl (C=O) groups is 4. The van der Waals surface area contributed by atoms with E-state index in [-0.39, 0.29) is 38.2 Å². The van der Waals surface area contributed by atoms with Gasteiger partial charge in [0.25, 0.3) is 0 Å². The molecule has 212 valence electrons. The molecule has 0 spiro atoms. The van der Waals surface area contributed by atoms with E-state index in [1.54, 1.807) is 48.5 Å². The molecule has 0 saturated carbocycles. The monoisotopic (exact) mass is 529 g/mol. The first-order chi connectivity index (χ1) is 16.8. The van der Waals surface area contributed by atoms with Crippen LogP contribution in [0.1, 0.15) is 74.7 Å². The molecule has 0 aromatic carbocycles. The molecule has 0 radical (unpaired) electrons. The van der Waals surface area contributed by atoms with Crippen molar-refractivity contribution < 1.29 is 43.8 Å². The van der Waals surface area contributed by atoms with Crippen molar-refractivity contribution in [1.82, 2.24) is 15.5 Å². The molecule has 3 amide bonds. The molecule has 0 aliphatic carbocycles. The van der Waals surface area contributed by atoms with Crippen molar-refractivity contribution >= 4 is 31.2 Å². The Kier molecular flexibility index (Phi) is 11.3. The maximum absolute atomic E-state index is 13.7. The standard InChI is InChI=1S/C24H44BN3O9/c1-9-15(2)17(26-20(32)36-22(3,4)5)18(29)28-13-16(10-11-25(34)35)12-24(14-28,19(30)31)27-21(33)37-23(6,7)8/h15-17,34-35H,9-14H2,1-8H3,(H,26,32)(H,27,33)(H,30,31)/t15?,16-,17?,24+/m0/s1. The van der Waals surface area contributed by atoms with E-state index in [9.17, 15) is 34.3 Å². The molecular formula is C24H44BN3O9. The SMILES string of the molecule is CCC(C)C(NC(=O)OC(C)(C)C)C(=O)N1C[C@@H](CCB(O)O)C[C@](NC(=O)OC(C)(C)C)(C(=O)O)C1. The number of rotatable bonds is 9. The van der Waals surface area contributed by atoms with Gasteiger partial charge < -0.3 is 40.2 Å². The molecule has 12 nitrogen and oxygen atoms in total. The molecule has 5 N–H and O–H groups in total. The van der Waals surface area contributed by atoms with Gasteiger partial charge in [-0.05, 0) is 66.1 Å². The van der Waals surface area contributed by atoms with Gasteiger partial charge in [-0.25, -0.2) is 14.4 Å². The Morgan fingerprint density at radius 1 is 1.05 bits per heavy atom. The van der Waals surface area contributed by atoms with Crippen molar-refractivity contribution in [2.75, 3.05) is 13.1 Å². The molecule has 0 aromatic heterocycles. The number of ether oxygens (including phenoxy) is 2. The van der Waals surface area contributed by atoms with Gasteiger partial charge in [-0.15, -0.1) is 0 Å². The highest BCUT2D eigenvalue weighted by Gasteiger charge is 2.50. The van der Waals surface area contributed by atoms with Crippen molar-refractivity contribution in [3.63, 3.8) is 0 Å². The van der Waals surface area contributed by atoms with Gasteiger partial charge in [0.15, 0.2) is 5.54 Å². The van der Waals surface area contributed by atoms with E-state index >= 15 is 0 Å². The molecule has 1 aliphatic rings. The highest BCUT2D eigenvalue weighted by molar-refractivity contribution is 6.40. The summed E-state index contributed by atoms with van der Waals surface area (Å²) >= 11 is 0. The van der Waals surface area contributed by atoms with Crippen molar-refractivity contribution in [3.05, 3.63) is 0 Å². The van der Waals surface area contributed by atoms with E-state index in [0.717, 1.165) is 0 Å². The second-order valence-corrected chi connectivity index (χ2v) is 11.9. The van der Waals surface area contributed by atoms with Crippen LogP contribution in [0.5, 0.6) is 0 Å². The van der Waals surface area contributed by atoms with Crippen LogP contribution in [0.15, 0.2) is 0 Å². The number of hydrogen-bond acceptors (Lipinski definition) is 8. The Morgan fingerprint density at radius 3 is 2.05 bits per heavy atom. The topological polar surface area (TPSA) is 175 Å². The number of likely N-dealkylation sites (tertiary alicyclic amines) is 1. The third kappa shape index (κ3) is 10.8. The molecule has 13 heteroatoms. The Hall–Kier alpha value is -2.54. The number of alkyl carbamates (subject to hydrolysis) is 2. The number of nitrogens with one attached hydrogen (secondary N) is 2. The number of hydrogen-bond donors (Lipinski definition) is 5. The van der Waals surface area contributed by atoms with Crippen LogP contribution in [0.3, 0.4) is 0 Å². The molecule has 0 aromatic rings. The summed E-state index contributed by atoms with van der Waals surface area (Å²) in [6.07, 6.45) is -1.08. The van der Waals surface area contributed by atoms with Gasteiger partial charge in [-0.2, -0.15) is 0 Å². The predicted molar refractivity (Wildman–Crippen MR) is 137 cm³/mol. The highest BCUT2D eigenvalue weighted by atomic mass is 16.6. The van der Waals surface area contributed by atoms with Gasteiger partial charge in [-0.1, -0.05) is 26.7 Å². The second kappa shape index (κ2) is 12.8. The van der Waals surface area contributed by atoms with Crippen LogP contribution in [0.4, 0.5) is 9.59 Å². The van der Waals surface area contributed by atoms with Gasteiger partial charge in [0, 0.05) is 6.54 Å². The molecule has 37 heavy (non-hydrogen) atoms. The van der Waals surface area contributed by atoms with Crippen molar-refractivity contribution in [2.45, 2.75) is 104 Å². The van der Waals surface area contributed by atoms with Gasteiger partial charge in [0.05, 0.1) is 6.54 Å². The van der Waals surface area contributed by atoms with Crippen LogP contribution in [0.25, 0.3) is 0 Å². The lowest BCUT2D eigenvalue weighted by Crippen LogP contribution is -2.68. The Morgan fingerprint density at radius 2 is 1.59 bits per heavy atom. The average molecular weight is 529 g/mol. The predicted octanol–water partition coefficient (Wildman–Crippen LogP) is 1.99. The number of piperidine rings is 1. The van der Waals surface area contributed by atoms with Crippen LogP contribution >= 0.6 is 0 Å². The highest BCUT2D eigenvalue weighted by Crippen LogP contribution is 2.31. The zero-order valence-corrected chi connectivity index (χ0v) is 23.3. The Bertz CT molecular complexity index is 825. The lowest BCUT2D eigenvalue weighted by atomic mass is 9.74. The van der Waals surface area contributed by atoms with Crippen molar-refractivity contribution in [3.8, 4) is 0 Å². The van der Waals surface area contributed by atoms with E-state index in [0.29, 0.717) is 6.42 Å². The second-order valence-electron chi connectivity index (χ2n) is 11.9. The summed E-state index contributed by atoms with van der Waals surface area (Å²) in [7, 11) is -1.61. The van der Waals surface area contributed by atoms with E-state index in [1.165, 1.54) is 4.90 Å². The lowest BCUT2D eigenvalue weighted by Gasteiger charge is -2.45. The quantitative estimate of drug-likeness (QED) is 0.280. The fraction of sp³-hybridized carbons (Fsp3) is 0.833. The van der Waals surface area contributed by atoms with E-state index < -0.39 is 59.9 Å². The van der Waals surface area contributed by atoms with Crippen LogP contribution in [0, 0.1) is 11.8 Å². The first kappa shape index (κ1) is 32.5. The summed E-state index contributed by atoms with van der Waals surface area (Å²) < 4.78 is 10.6. The fourth-order valence-electron chi connectivity index (χ4n) is 4.18. The minimum atomic E-state index is -1.88. The van der Waals surface area contributed by atoms with Gasteiger partial charge >= 0.3 is 25.3 Å². The summed E-state index contributed by atoms with van der Waals surface area (Å²) in [5.41, 5.74) is -3.55. The normalized spacial score (nSPS) is 21.9. The van der Waals surface area contributed by atoms with Crippen LogP contribution < -0.4 is 10.6 Å². The maximum Gasteiger partial charge on any atom is 0.451 e. The van der Waals surface area contributed by atoms with Crippen LogP contribution in [-0.2, 0) is 19.1 Å². The molecule has 0 bridgehead atoms. The van der Waals surface area contributed by atoms with E-state index in [4.69, 9.17) is 9.47 Å². The van der Waals surface area contributed by atoms with Gasteiger partial charge in [-0.3, -0.25) is 4.79 Å². The van der Waals surface area contributed by atoms with Crippen molar-refractivity contribution in [2.24, 2.45) is 11.8 Å². The molecule has 1 saturated heterocycles. The number of amides is 3. The number of carbonyl (C=O) groups excluding carboxylic acids is 3. The first-order valence-corrected chi connectivity index (χ1v) is 12.7. The third-order valence-electron chi connectivity index (χ3n) is 6.02. The first-order valence-electron chi connectivity index (χ1n) is 12.7. The smallest absolute Gasteiger partial charge is 0.451 e. The number of nitrogens with zero attached hydrogens (tertiary/aromatic N) is 1. The molecule has 1 aliphatic heterocycles. The molecule has 2 unspecified atom stereocenters. The van der Waals surface area contributed by atoms with Gasteiger partial charge in [0.2, 0.25) is 5.91 Å². The summed E-state index contributed by atoms with van der Waals surface area (Å²) in [5, 5.41) is 34.0. The van der Waals surface area contributed by atoms with Crippen LogP contribution in [-0.4, -0.2) is 87.1 Å². The molecular weight excluding hydrogens is 485 g/mol. The average Bonchev–Trinajstić information content (AvgIpc) is 2.72. The molecule has 1 heterocycles. The molecule has 4 atom stereocenters. The minimum Gasteiger partial charge on any atom is -0.479 e. The van der Waals surface area contributed by atoms with E-state index in [2.05, 4.69) is 10.6 Å². The lowest BCUT2D eigenvalue weighted by molar-refractivity contribution is -0.152. The van der Waals surface area contributed by atoms with Crippen molar-refractivity contribution in [1.29, 1.82) is 0 Å². The van der Waals surface area contributed by atoms with Crippen LogP contribution in [0.2, 0.25) is 6.32 Å². The third-order valence-corrected chi connectivity index (χ3v) is 6.02. The Labute approximate surface area is 219 Å². The minimum absolute atomic E-state index is 0.0419. The summed E-state index contributed by atoms with van der Waals surface area (Å²) in [5.74, 6) is -2.67. The molecule has 1 rings (SSSR count). The Balaban J connectivity index is 3.34. The summed E-state index contributed by atoms with van der Waals surface area (Å²) in [6.45, 7) is 13.4.